The van der Waals surface area contributed by atoms with E-state index >= 15 is 0 Å². The number of rotatable bonds is 3. The van der Waals surface area contributed by atoms with Gasteiger partial charge in [0.1, 0.15) is 16.9 Å². The molecule has 0 aromatic heterocycles. The number of benzene rings is 1. The van der Waals surface area contributed by atoms with Crippen molar-refractivity contribution < 1.29 is 28.5 Å². The molecule has 0 fully saturated rings. The molecule has 0 bridgehead atoms. The molecule has 0 N–H and O–H groups in total. The Labute approximate surface area is 122 Å². The third-order valence-electron chi connectivity index (χ3n) is 2.89. The van der Waals surface area contributed by atoms with E-state index in [2.05, 4.69) is 0 Å². The molecular weight excluding hydrogens is 276 g/mol. The summed E-state index contributed by atoms with van der Waals surface area (Å²) in [7, 11) is 2.84. The molecule has 1 heterocycles. The summed E-state index contributed by atoms with van der Waals surface area (Å²) in [6.45, 7) is 5.32. The zero-order valence-electron chi connectivity index (χ0n) is 12.7. The summed E-state index contributed by atoms with van der Waals surface area (Å²) in [6.07, 6.45) is -0.820. The van der Waals surface area contributed by atoms with Crippen molar-refractivity contribution in [1.29, 1.82) is 0 Å². The normalized spacial score (nSPS) is 17.2. The Morgan fingerprint density at radius 3 is 2.43 bits per heavy atom. The van der Waals surface area contributed by atoms with Crippen LogP contribution >= 0.6 is 0 Å². The first kappa shape index (κ1) is 15.3. The van der Waals surface area contributed by atoms with Gasteiger partial charge < -0.3 is 18.9 Å². The van der Waals surface area contributed by atoms with Gasteiger partial charge in [0.15, 0.2) is 0 Å². The van der Waals surface area contributed by atoms with Gasteiger partial charge in [0.05, 0.1) is 12.7 Å². The molecule has 1 aromatic rings. The van der Waals surface area contributed by atoms with E-state index < -0.39 is 23.8 Å². The fourth-order valence-corrected chi connectivity index (χ4v) is 2.03. The molecule has 0 aliphatic carbocycles. The van der Waals surface area contributed by atoms with Crippen LogP contribution < -0.4 is 4.74 Å². The maximum atomic E-state index is 12.2. The van der Waals surface area contributed by atoms with Crippen molar-refractivity contribution in [2.24, 2.45) is 0 Å². The molecule has 21 heavy (non-hydrogen) atoms. The molecule has 0 amide bonds. The highest BCUT2D eigenvalue weighted by Crippen LogP contribution is 2.36. The van der Waals surface area contributed by atoms with Crippen molar-refractivity contribution in [2.45, 2.75) is 32.7 Å². The first-order valence-corrected chi connectivity index (χ1v) is 6.46. The summed E-state index contributed by atoms with van der Waals surface area (Å²) in [4.78, 5) is 24.0. The minimum absolute atomic E-state index is 0.228. The minimum Gasteiger partial charge on any atom is -0.496 e. The lowest BCUT2D eigenvalue weighted by Gasteiger charge is -2.20. The average Bonchev–Trinajstić information content (AvgIpc) is 2.71. The molecule has 2 rings (SSSR count). The van der Waals surface area contributed by atoms with E-state index in [1.165, 1.54) is 26.4 Å². The molecule has 6 nitrogen and oxygen atoms in total. The maximum Gasteiger partial charge on any atom is 0.342 e. The van der Waals surface area contributed by atoms with Crippen LogP contribution in [0.15, 0.2) is 12.1 Å². The number of hydrogen-bond acceptors (Lipinski definition) is 6. The minimum atomic E-state index is -0.820. The maximum absolute atomic E-state index is 12.2. The fraction of sp³-hybridized carbons (Fsp3) is 0.467. The number of hydrogen-bond donors (Lipinski definition) is 0. The lowest BCUT2D eigenvalue weighted by atomic mass is 10.0. The number of ether oxygens (including phenoxy) is 4. The summed E-state index contributed by atoms with van der Waals surface area (Å²) in [5.74, 6) is -0.779. The number of fused-ring (bicyclic) bond motifs is 1. The van der Waals surface area contributed by atoms with E-state index in [0.717, 1.165) is 0 Å². The number of methoxy groups -OCH3 is 2. The van der Waals surface area contributed by atoms with E-state index in [4.69, 9.17) is 18.9 Å². The number of cyclic esters (lactones) is 1. The van der Waals surface area contributed by atoms with E-state index in [1.807, 2.05) is 0 Å². The predicted octanol–water partition coefficient (Wildman–Crippen LogP) is 2.47. The summed E-state index contributed by atoms with van der Waals surface area (Å²) in [5, 5.41) is 0. The summed E-state index contributed by atoms with van der Waals surface area (Å²) < 4.78 is 20.6. The van der Waals surface area contributed by atoms with Gasteiger partial charge in [0, 0.05) is 12.7 Å². The van der Waals surface area contributed by atoms with Gasteiger partial charge in [-0.15, -0.1) is 0 Å². The van der Waals surface area contributed by atoms with Crippen molar-refractivity contribution >= 4 is 11.9 Å². The molecule has 0 saturated carbocycles. The summed E-state index contributed by atoms with van der Waals surface area (Å²) in [6, 6.07) is 2.98. The van der Waals surface area contributed by atoms with Gasteiger partial charge in [0.25, 0.3) is 0 Å². The molecule has 0 radical (unpaired) electrons. The molecule has 1 aliphatic rings. The first-order valence-electron chi connectivity index (χ1n) is 6.46. The Kier molecular flexibility index (Phi) is 3.91. The lowest BCUT2D eigenvalue weighted by Crippen LogP contribution is -2.24. The standard InChI is InChI=1S/C15H18O6/c1-15(2,3)21-13(17)10-6-9-8(7-11(10)18-4)12(16)20-14(9)19-5/h6-7,14H,1-5H3. The SMILES string of the molecule is COc1cc2c(cc1C(=O)OC(C)(C)C)C(OC)OC2=O. The van der Waals surface area contributed by atoms with Gasteiger partial charge in [-0.2, -0.15) is 0 Å². The van der Waals surface area contributed by atoms with Crippen LogP contribution in [0.4, 0.5) is 0 Å². The van der Waals surface area contributed by atoms with Gasteiger partial charge in [-0.1, -0.05) is 0 Å². The van der Waals surface area contributed by atoms with Crippen molar-refractivity contribution in [2.75, 3.05) is 14.2 Å². The molecule has 1 aromatic carbocycles. The van der Waals surface area contributed by atoms with Gasteiger partial charge in [0.2, 0.25) is 6.29 Å². The lowest BCUT2D eigenvalue weighted by molar-refractivity contribution is -0.0816. The van der Waals surface area contributed by atoms with E-state index in [9.17, 15) is 9.59 Å². The monoisotopic (exact) mass is 294 g/mol. The smallest absolute Gasteiger partial charge is 0.342 e. The zero-order chi connectivity index (χ0) is 15.8. The molecule has 1 aliphatic heterocycles. The van der Waals surface area contributed by atoms with Crippen LogP contribution in [0.2, 0.25) is 0 Å². The van der Waals surface area contributed by atoms with Crippen LogP contribution in [0, 0.1) is 0 Å². The van der Waals surface area contributed by atoms with Crippen LogP contribution in [0.25, 0.3) is 0 Å². The van der Waals surface area contributed by atoms with Crippen molar-refractivity contribution in [3.63, 3.8) is 0 Å². The van der Waals surface area contributed by atoms with Crippen LogP contribution in [-0.4, -0.2) is 31.8 Å². The van der Waals surface area contributed by atoms with Crippen LogP contribution in [-0.2, 0) is 14.2 Å². The quantitative estimate of drug-likeness (QED) is 0.797. The number of carbonyl (C=O) groups is 2. The summed E-state index contributed by atoms with van der Waals surface area (Å²) in [5.41, 5.74) is 0.412. The zero-order valence-corrected chi connectivity index (χ0v) is 12.7. The van der Waals surface area contributed by atoms with Gasteiger partial charge in [-0.3, -0.25) is 0 Å². The van der Waals surface area contributed by atoms with E-state index in [-0.39, 0.29) is 11.3 Å². The third-order valence-corrected chi connectivity index (χ3v) is 2.89. The van der Waals surface area contributed by atoms with E-state index in [0.29, 0.717) is 11.1 Å². The molecule has 6 heteroatoms. The van der Waals surface area contributed by atoms with Crippen LogP contribution in [0.3, 0.4) is 0 Å². The largest absolute Gasteiger partial charge is 0.496 e. The Morgan fingerprint density at radius 1 is 1.24 bits per heavy atom. The average molecular weight is 294 g/mol. The molecule has 0 saturated heterocycles. The number of carbonyl (C=O) groups excluding carboxylic acids is 2. The predicted molar refractivity (Wildman–Crippen MR) is 73.3 cm³/mol. The molecule has 1 unspecified atom stereocenters. The second-order valence-corrected chi connectivity index (χ2v) is 5.61. The molecule has 0 spiro atoms. The van der Waals surface area contributed by atoms with Crippen molar-refractivity contribution in [1.82, 2.24) is 0 Å². The first-order chi connectivity index (χ1) is 9.76. The van der Waals surface area contributed by atoms with Gasteiger partial charge in [-0.05, 0) is 32.9 Å². The second kappa shape index (κ2) is 5.37. The highest BCUT2D eigenvalue weighted by Gasteiger charge is 2.34. The van der Waals surface area contributed by atoms with Crippen molar-refractivity contribution in [3.05, 3.63) is 28.8 Å². The highest BCUT2D eigenvalue weighted by molar-refractivity contribution is 5.99. The van der Waals surface area contributed by atoms with E-state index in [1.54, 1.807) is 20.8 Å². The van der Waals surface area contributed by atoms with Crippen LogP contribution in [0.5, 0.6) is 5.75 Å². The van der Waals surface area contributed by atoms with Crippen molar-refractivity contribution in [3.8, 4) is 5.75 Å². The number of esters is 2. The molecule has 114 valence electrons. The fourth-order valence-electron chi connectivity index (χ4n) is 2.03. The topological polar surface area (TPSA) is 71.1 Å². The van der Waals surface area contributed by atoms with Crippen LogP contribution in [0.1, 0.15) is 53.3 Å². The Balaban J connectivity index is 2.47. The summed E-state index contributed by atoms with van der Waals surface area (Å²) >= 11 is 0. The highest BCUT2D eigenvalue weighted by atomic mass is 16.7. The Morgan fingerprint density at radius 2 is 1.90 bits per heavy atom. The Bertz CT molecular complexity index is 585. The Hall–Kier alpha value is -2.08. The second-order valence-electron chi connectivity index (χ2n) is 5.61. The van der Waals surface area contributed by atoms with Gasteiger partial charge in [-0.25, -0.2) is 9.59 Å². The van der Waals surface area contributed by atoms with Gasteiger partial charge >= 0.3 is 11.9 Å². The molecule has 1 atom stereocenters. The third kappa shape index (κ3) is 3.00. The molecular formula is C15H18O6.